The minimum Gasteiger partial charge on any atom is -0.328 e. The molecule has 14 heavy (non-hydrogen) atoms. The van der Waals surface area contributed by atoms with E-state index in [1.54, 1.807) is 0 Å². The summed E-state index contributed by atoms with van der Waals surface area (Å²) in [5.74, 6) is 0. The summed E-state index contributed by atoms with van der Waals surface area (Å²) in [4.78, 5) is 0. The molecule has 1 atom stereocenters. The van der Waals surface area contributed by atoms with Gasteiger partial charge in [0.15, 0.2) is 0 Å². The largest absolute Gasteiger partial charge is 0.328 e. The Bertz CT molecular complexity index is 256. The molecule has 1 aromatic carbocycles. The number of nitrogens with one attached hydrogen (secondary N) is 1. The first kappa shape index (κ1) is 11.7. The third-order valence-corrected chi connectivity index (χ3v) is 2.55. The predicted octanol–water partition coefficient (Wildman–Crippen LogP) is 2.28. The van der Waals surface area contributed by atoms with E-state index in [1.807, 2.05) is 6.92 Å². The summed E-state index contributed by atoms with van der Waals surface area (Å²) in [5.41, 5.74) is 6.95. The first-order valence-corrected chi connectivity index (χ1v) is 5.68. The Labute approximate surface area is 94.0 Å². The van der Waals surface area contributed by atoms with Gasteiger partial charge < -0.3 is 11.1 Å². The second-order valence-electron chi connectivity index (χ2n) is 3.57. The molecule has 0 aliphatic carbocycles. The van der Waals surface area contributed by atoms with Crippen LogP contribution in [0.15, 0.2) is 28.7 Å². The quantitative estimate of drug-likeness (QED) is 0.794. The molecule has 1 rings (SSSR count). The second kappa shape index (κ2) is 6.17. The molecule has 0 saturated heterocycles. The number of benzene rings is 1. The molecule has 0 aliphatic rings. The fourth-order valence-electron chi connectivity index (χ4n) is 1.16. The fourth-order valence-corrected chi connectivity index (χ4v) is 1.43. The number of hydrogen-bond acceptors (Lipinski definition) is 2. The summed E-state index contributed by atoms with van der Waals surface area (Å²) in [6.45, 7) is 3.93. The van der Waals surface area contributed by atoms with E-state index >= 15 is 0 Å². The van der Waals surface area contributed by atoms with Gasteiger partial charge in [0.1, 0.15) is 0 Å². The van der Waals surface area contributed by atoms with Crippen LogP contribution in [0.5, 0.6) is 0 Å². The minimum atomic E-state index is 0.285. The Kier molecular flexibility index (Phi) is 5.15. The molecule has 0 aliphatic heterocycles. The van der Waals surface area contributed by atoms with Crippen molar-refractivity contribution in [3.63, 3.8) is 0 Å². The van der Waals surface area contributed by atoms with Crippen LogP contribution >= 0.6 is 15.9 Å². The topological polar surface area (TPSA) is 38.0 Å². The molecule has 0 radical (unpaired) electrons. The SMILES string of the molecule is CC(N)CCNCc1ccc(Br)cc1. The van der Waals surface area contributed by atoms with Crippen molar-refractivity contribution in [1.82, 2.24) is 5.32 Å². The molecule has 0 aromatic heterocycles. The highest BCUT2D eigenvalue weighted by atomic mass is 79.9. The lowest BCUT2D eigenvalue weighted by atomic mass is 10.2. The van der Waals surface area contributed by atoms with Gasteiger partial charge in [-0.05, 0) is 37.6 Å². The maximum absolute atomic E-state index is 5.65. The van der Waals surface area contributed by atoms with Crippen molar-refractivity contribution in [2.45, 2.75) is 25.9 Å². The predicted molar refractivity (Wildman–Crippen MR) is 64.1 cm³/mol. The first-order chi connectivity index (χ1) is 6.68. The van der Waals surface area contributed by atoms with E-state index in [0.29, 0.717) is 0 Å². The van der Waals surface area contributed by atoms with Crippen molar-refractivity contribution in [3.05, 3.63) is 34.3 Å². The number of rotatable bonds is 5. The average Bonchev–Trinajstić information content (AvgIpc) is 2.15. The summed E-state index contributed by atoms with van der Waals surface area (Å²) < 4.78 is 1.12. The van der Waals surface area contributed by atoms with Crippen LogP contribution in [0.25, 0.3) is 0 Å². The van der Waals surface area contributed by atoms with E-state index in [1.165, 1.54) is 5.56 Å². The summed E-state index contributed by atoms with van der Waals surface area (Å²) in [6, 6.07) is 8.63. The van der Waals surface area contributed by atoms with Crippen LogP contribution in [0.3, 0.4) is 0 Å². The smallest absolute Gasteiger partial charge is 0.0205 e. The summed E-state index contributed by atoms with van der Waals surface area (Å²) in [5, 5.41) is 3.36. The maximum atomic E-state index is 5.65. The highest BCUT2D eigenvalue weighted by Gasteiger charge is 1.94. The Morgan fingerprint density at radius 1 is 1.36 bits per heavy atom. The monoisotopic (exact) mass is 256 g/mol. The maximum Gasteiger partial charge on any atom is 0.0205 e. The molecule has 0 amide bonds. The Morgan fingerprint density at radius 2 is 2.00 bits per heavy atom. The average molecular weight is 257 g/mol. The lowest BCUT2D eigenvalue weighted by Gasteiger charge is -2.07. The van der Waals surface area contributed by atoms with Crippen molar-refractivity contribution in [1.29, 1.82) is 0 Å². The van der Waals surface area contributed by atoms with Crippen LogP contribution in [0, 0.1) is 0 Å². The number of halogens is 1. The Balaban J connectivity index is 2.21. The molecular formula is C11H17BrN2. The van der Waals surface area contributed by atoms with Gasteiger partial charge in [-0.15, -0.1) is 0 Å². The zero-order valence-corrected chi connectivity index (χ0v) is 10.0. The van der Waals surface area contributed by atoms with Gasteiger partial charge in [0, 0.05) is 17.1 Å². The van der Waals surface area contributed by atoms with Gasteiger partial charge in [-0.1, -0.05) is 28.1 Å². The van der Waals surface area contributed by atoms with E-state index in [-0.39, 0.29) is 6.04 Å². The number of hydrogen-bond donors (Lipinski definition) is 2. The van der Waals surface area contributed by atoms with Crippen molar-refractivity contribution < 1.29 is 0 Å². The molecule has 0 heterocycles. The van der Waals surface area contributed by atoms with Crippen LogP contribution in [0.4, 0.5) is 0 Å². The molecule has 0 spiro atoms. The van der Waals surface area contributed by atoms with Crippen LogP contribution in [-0.4, -0.2) is 12.6 Å². The van der Waals surface area contributed by atoms with E-state index in [4.69, 9.17) is 5.73 Å². The normalized spacial score (nSPS) is 12.8. The van der Waals surface area contributed by atoms with Crippen molar-refractivity contribution in [2.24, 2.45) is 5.73 Å². The molecule has 2 nitrogen and oxygen atoms in total. The summed E-state index contributed by atoms with van der Waals surface area (Å²) in [7, 11) is 0. The van der Waals surface area contributed by atoms with E-state index < -0.39 is 0 Å². The van der Waals surface area contributed by atoms with Gasteiger partial charge in [0.25, 0.3) is 0 Å². The van der Waals surface area contributed by atoms with Gasteiger partial charge in [-0.2, -0.15) is 0 Å². The standard InChI is InChI=1S/C11H17BrN2/c1-9(13)6-7-14-8-10-2-4-11(12)5-3-10/h2-5,9,14H,6-8,13H2,1H3. The van der Waals surface area contributed by atoms with Crippen LogP contribution in [0.2, 0.25) is 0 Å². The molecule has 3 N–H and O–H groups in total. The van der Waals surface area contributed by atoms with Crippen molar-refractivity contribution in [2.75, 3.05) is 6.54 Å². The van der Waals surface area contributed by atoms with Crippen molar-refractivity contribution >= 4 is 15.9 Å². The Morgan fingerprint density at radius 3 is 2.57 bits per heavy atom. The molecule has 0 fully saturated rings. The van der Waals surface area contributed by atoms with E-state index in [9.17, 15) is 0 Å². The lowest BCUT2D eigenvalue weighted by molar-refractivity contribution is 0.589. The molecule has 0 bridgehead atoms. The first-order valence-electron chi connectivity index (χ1n) is 4.89. The lowest BCUT2D eigenvalue weighted by Crippen LogP contribution is -2.23. The summed E-state index contributed by atoms with van der Waals surface area (Å²) in [6.07, 6.45) is 1.02. The van der Waals surface area contributed by atoms with Crippen molar-refractivity contribution in [3.8, 4) is 0 Å². The van der Waals surface area contributed by atoms with Gasteiger partial charge >= 0.3 is 0 Å². The summed E-state index contributed by atoms with van der Waals surface area (Å²) >= 11 is 3.41. The molecule has 78 valence electrons. The zero-order chi connectivity index (χ0) is 10.4. The molecular weight excluding hydrogens is 240 g/mol. The van der Waals surface area contributed by atoms with Gasteiger partial charge in [0.2, 0.25) is 0 Å². The molecule has 1 aromatic rings. The minimum absolute atomic E-state index is 0.285. The Hall–Kier alpha value is -0.380. The van der Waals surface area contributed by atoms with Crippen LogP contribution in [-0.2, 0) is 6.54 Å². The molecule has 1 unspecified atom stereocenters. The number of nitrogens with two attached hydrogens (primary N) is 1. The van der Waals surface area contributed by atoms with Crippen LogP contribution in [0.1, 0.15) is 18.9 Å². The third-order valence-electron chi connectivity index (χ3n) is 2.02. The molecule has 3 heteroatoms. The third kappa shape index (κ3) is 4.74. The molecule has 0 saturated carbocycles. The van der Waals surface area contributed by atoms with Crippen LogP contribution < -0.4 is 11.1 Å². The highest BCUT2D eigenvalue weighted by Crippen LogP contribution is 2.10. The van der Waals surface area contributed by atoms with Gasteiger partial charge in [-0.25, -0.2) is 0 Å². The second-order valence-corrected chi connectivity index (χ2v) is 4.48. The van der Waals surface area contributed by atoms with Gasteiger partial charge in [0.05, 0.1) is 0 Å². The van der Waals surface area contributed by atoms with E-state index in [0.717, 1.165) is 24.0 Å². The van der Waals surface area contributed by atoms with E-state index in [2.05, 4.69) is 45.5 Å². The van der Waals surface area contributed by atoms with Gasteiger partial charge in [-0.3, -0.25) is 0 Å². The highest BCUT2D eigenvalue weighted by molar-refractivity contribution is 9.10. The fraction of sp³-hybridized carbons (Fsp3) is 0.455. The zero-order valence-electron chi connectivity index (χ0n) is 8.46.